The number of carbonyl (C=O) groups is 2. The Hall–Kier alpha value is -1.30. The van der Waals surface area contributed by atoms with E-state index in [0.717, 1.165) is 32.2 Å². The zero-order valence-corrected chi connectivity index (χ0v) is 11.5. The van der Waals surface area contributed by atoms with Crippen LogP contribution in [0.1, 0.15) is 32.6 Å². The topological polar surface area (TPSA) is 84.7 Å². The van der Waals surface area contributed by atoms with Gasteiger partial charge < -0.3 is 20.7 Å². The van der Waals surface area contributed by atoms with Crippen molar-refractivity contribution in [3.05, 3.63) is 0 Å². The SMILES string of the molecule is CCOC(=O)NC1CCCN(C(=O)C2(CN)CC2)C1. The number of nitrogens with one attached hydrogen (secondary N) is 1. The van der Waals surface area contributed by atoms with Crippen LogP contribution in [0.25, 0.3) is 0 Å². The first-order valence-electron chi connectivity index (χ1n) is 7.04. The van der Waals surface area contributed by atoms with E-state index in [0.29, 0.717) is 19.7 Å². The van der Waals surface area contributed by atoms with Gasteiger partial charge in [-0.2, -0.15) is 0 Å². The van der Waals surface area contributed by atoms with Crippen LogP contribution in [0.4, 0.5) is 4.79 Å². The normalized spacial score (nSPS) is 24.7. The van der Waals surface area contributed by atoms with E-state index in [1.165, 1.54) is 0 Å². The molecule has 2 amide bonds. The van der Waals surface area contributed by atoms with Crippen LogP contribution in [0, 0.1) is 5.41 Å². The predicted octanol–water partition coefficient (Wildman–Crippen LogP) is 0.462. The van der Waals surface area contributed by atoms with Gasteiger partial charge in [0.2, 0.25) is 5.91 Å². The number of alkyl carbamates (subject to hydrolysis) is 1. The number of nitrogens with two attached hydrogens (primary N) is 1. The van der Waals surface area contributed by atoms with Gasteiger partial charge in [0.25, 0.3) is 0 Å². The summed E-state index contributed by atoms with van der Waals surface area (Å²) in [7, 11) is 0. The van der Waals surface area contributed by atoms with Gasteiger partial charge in [0.15, 0.2) is 0 Å². The molecular formula is C13H23N3O3. The second kappa shape index (κ2) is 5.77. The zero-order chi connectivity index (χ0) is 13.9. The largest absolute Gasteiger partial charge is 0.450 e. The molecule has 1 saturated carbocycles. The third-order valence-corrected chi connectivity index (χ3v) is 4.00. The van der Waals surface area contributed by atoms with E-state index in [9.17, 15) is 9.59 Å². The first-order chi connectivity index (χ1) is 9.11. The molecule has 0 aromatic rings. The summed E-state index contributed by atoms with van der Waals surface area (Å²) in [6.45, 7) is 3.89. The standard InChI is InChI=1S/C13H23N3O3/c1-2-19-12(18)15-10-4-3-7-16(8-10)11(17)13(9-14)5-6-13/h10H,2-9,14H2,1H3,(H,15,18). The van der Waals surface area contributed by atoms with Crippen molar-refractivity contribution >= 4 is 12.0 Å². The second-order valence-electron chi connectivity index (χ2n) is 5.44. The molecule has 108 valence electrons. The van der Waals surface area contributed by atoms with Gasteiger partial charge in [0.1, 0.15) is 0 Å². The summed E-state index contributed by atoms with van der Waals surface area (Å²) in [6, 6.07) is -0.00896. The molecule has 2 fully saturated rings. The summed E-state index contributed by atoms with van der Waals surface area (Å²) in [6.07, 6.45) is 3.19. The molecule has 0 aromatic carbocycles. The number of ether oxygens (including phenoxy) is 1. The molecule has 0 aromatic heterocycles. The lowest BCUT2D eigenvalue weighted by Gasteiger charge is -2.35. The minimum atomic E-state index is -0.401. The predicted molar refractivity (Wildman–Crippen MR) is 70.5 cm³/mol. The summed E-state index contributed by atoms with van der Waals surface area (Å²) in [4.78, 5) is 25.6. The molecule has 0 bridgehead atoms. The molecule has 19 heavy (non-hydrogen) atoms. The lowest BCUT2D eigenvalue weighted by atomic mass is 10.0. The third kappa shape index (κ3) is 3.18. The second-order valence-corrected chi connectivity index (χ2v) is 5.44. The van der Waals surface area contributed by atoms with Crippen LogP contribution in [-0.2, 0) is 9.53 Å². The van der Waals surface area contributed by atoms with E-state index in [4.69, 9.17) is 10.5 Å². The Morgan fingerprint density at radius 1 is 1.47 bits per heavy atom. The maximum Gasteiger partial charge on any atom is 0.407 e. The minimum Gasteiger partial charge on any atom is -0.450 e. The summed E-state index contributed by atoms with van der Waals surface area (Å²) in [5, 5.41) is 2.81. The van der Waals surface area contributed by atoms with Gasteiger partial charge in [-0.1, -0.05) is 0 Å². The molecule has 1 heterocycles. The van der Waals surface area contributed by atoms with E-state index in [1.807, 2.05) is 4.90 Å². The Kier molecular flexibility index (Phi) is 4.29. The smallest absolute Gasteiger partial charge is 0.407 e. The van der Waals surface area contributed by atoms with Crippen molar-refractivity contribution in [2.45, 2.75) is 38.6 Å². The first kappa shape index (κ1) is 14.1. The molecule has 6 heteroatoms. The van der Waals surface area contributed by atoms with Crippen LogP contribution in [0.3, 0.4) is 0 Å². The average molecular weight is 269 g/mol. The Morgan fingerprint density at radius 2 is 2.21 bits per heavy atom. The molecule has 2 rings (SSSR count). The summed E-state index contributed by atoms with van der Waals surface area (Å²) >= 11 is 0. The molecule has 2 aliphatic rings. The fourth-order valence-electron chi connectivity index (χ4n) is 2.61. The van der Waals surface area contributed by atoms with Crippen LogP contribution in [0.2, 0.25) is 0 Å². The van der Waals surface area contributed by atoms with Crippen LogP contribution in [-0.4, -0.2) is 49.2 Å². The van der Waals surface area contributed by atoms with Crippen molar-refractivity contribution < 1.29 is 14.3 Å². The van der Waals surface area contributed by atoms with Crippen molar-refractivity contribution in [1.29, 1.82) is 0 Å². The van der Waals surface area contributed by atoms with Crippen LogP contribution in [0.15, 0.2) is 0 Å². The Bertz CT molecular complexity index is 355. The zero-order valence-electron chi connectivity index (χ0n) is 11.5. The van der Waals surface area contributed by atoms with Crippen LogP contribution < -0.4 is 11.1 Å². The lowest BCUT2D eigenvalue weighted by molar-refractivity contribution is -0.138. The number of carbonyl (C=O) groups excluding carboxylic acids is 2. The molecule has 1 aliphatic carbocycles. The number of hydrogen-bond acceptors (Lipinski definition) is 4. The van der Waals surface area contributed by atoms with Gasteiger partial charge in [0, 0.05) is 25.7 Å². The van der Waals surface area contributed by atoms with Crippen molar-refractivity contribution in [1.82, 2.24) is 10.2 Å². The highest BCUT2D eigenvalue weighted by Crippen LogP contribution is 2.46. The molecule has 0 radical (unpaired) electrons. The van der Waals surface area contributed by atoms with E-state index in [1.54, 1.807) is 6.92 Å². The highest BCUT2D eigenvalue weighted by atomic mass is 16.5. The highest BCUT2D eigenvalue weighted by Gasteiger charge is 2.50. The van der Waals surface area contributed by atoms with Gasteiger partial charge in [-0.05, 0) is 32.6 Å². The average Bonchev–Trinajstić information content (AvgIpc) is 3.19. The third-order valence-electron chi connectivity index (χ3n) is 4.00. The Labute approximate surface area is 113 Å². The number of rotatable bonds is 4. The van der Waals surface area contributed by atoms with Gasteiger partial charge in [0.05, 0.1) is 12.0 Å². The monoisotopic (exact) mass is 269 g/mol. The van der Waals surface area contributed by atoms with E-state index < -0.39 is 6.09 Å². The van der Waals surface area contributed by atoms with E-state index in [-0.39, 0.29) is 17.4 Å². The van der Waals surface area contributed by atoms with E-state index in [2.05, 4.69) is 5.32 Å². The van der Waals surface area contributed by atoms with Crippen LogP contribution in [0.5, 0.6) is 0 Å². The molecule has 1 aliphatic heterocycles. The lowest BCUT2D eigenvalue weighted by Crippen LogP contribution is -2.52. The maximum absolute atomic E-state index is 12.4. The van der Waals surface area contributed by atoms with Crippen molar-refractivity contribution in [3.8, 4) is 0 Å². The molecule has 3 N–H and O–H groups in total. The number of hydrogen-bond donors (Lipinski definition) is 2. The van der Waals surface area contributed by atoms with Crippen molar-refractivity contribution in [2.24, 2.45) is 11.1 Å². The van der Waals surface area contributed by atoms with Gasteiger partial charge >= 0.3 is 6.09 Å². The molecule has 1 saturated heterocycles. The fourth-order valence-corrected chi connectivity index (χ4v) is 2.61. The molecule has 0 spiro atoms. The number of nitrogens with zero attached hydrogens (tertiary/aromatic N) is 1. The van der Waals surface area contributed by atoms with Crippen molar-refractivity contribution in [3.63, 3.8) is 0 Å². The van der Waals surface area contributed by atoms with Crippen molar-refractivity contribution in [2.75, 3.05) is 26.2 Å². The van der Waals surface area contributed by atoms with Gasteiger partial charge in [-0.3, -0.25) is 4.79 Å². The summed E-state index contributed by atoms with van der Waals surface area (Å²) < 4.78 is 4.87. The van der Waals surface area contributed by atoms with Crippen LogP contribution >= 0.6 is 0 Å². The fraction of sp³-hybridized carbons (Fsp3) is 0.846. The summed E-state index contributed by atoms with van der Waals surface area (Å²) in [5.74, 6) is 0.158. The molecular weight excluding hydrogens is 246 g/mol. The molecule has 1 atom stereocenters. The first-order valence-corrected chi connectivity index (χ1v) is 7.04. The van der Waals surface area contributed by atoms with Gasteiger partial charge in [-0.25, -0.2) is 4.79 Å². The molecule has 1 unspecified atom stereocenters. The van der Waals surface area contributed by atoms with E-state index >= 15 is 0 Å². The molecule has 6 nitrogen and oxygen atoms in total. The number of amides is 2. The number of likely N-dealkylation sites (tertiary alicyclic amines) is 1. The maximum atomic E-state index is 12.4. The number of piperidine rings is 1. The summed E-state index contributed by atoms with van der Waals surface area (Å²) in [5.41, 5.74) is 5.39. The van der Waals surface area contributed by atoms with Gasteiger partial charge in [-0.15, -0.1) is 0 Å². The highest BCUT2D eigenvalue weighted by molar-refractivity contribution is 5.85. The Morgan fingerprint density at radius 3 is 2.79 bits per heavy atom. The Balaban J connectivity index is 1.87. The quantitative estimate of drug-likeness (QED) is 0.776. The minimum absolute atomic E-state index is 0.00896.